The van der Waals surface area contributed by atoms with Crippen molar-refractivity contribution in [1.82, 2.24) is 0 Å². The van der Waals surface area contributed by atoms with E-state index in [-0.39, 0.29) is 19.2 Å². The van der Waals surface area contributed by atoms with Crippen molar-refractivity contribution in [3.05, 3.63) is 23.8 Å². The van der Waals surface area contributed by atoms with Gasteiger partial charge in [-0.05, 0) is 24.6 Å². The monoisotopic (exact) mass is 252 g/mol. The Morgan fingerprint density at radius 1 is 1.33 bits per heavy atom. The molecule has 0 amide bonds. The second-order valence-corrected chi connectivity index (χ2v) is 3.80. The Balaban J connectivity index is 1.72. The molecule has 5 nitrogen and oxygen atoms in total. The van der Waals surface area contributed by atoms with Gasteiger partial charge in [-0.3, -0.25) is 4.79 Å². The van der Waals surface area contributed by atoms with Crippen LogP contribution in [0.5, 0.6) is 11.5 Å². The Labute approximate surface area is 106 Å². The highest BCUT2D eigenvalue weighted by Crippen LogP contribution is 2.32. The van der Waals surface area contributed by atoms with E-state index in [0.717, 1.165) is 17.1 Å². The fourth-order valence-corrected chi connectivity index (χ4v) is 1.61. The number of carbonyl (C=O) groups excluding carboxylic acids is 1. The summed E-state index contributed by atoms with van der Waals surface area (Å²) in [6.07, 6.45) is 0.276. The van der Waals surface area contributed by atoms with E-state index in [1.807, 2.05) is 18.2 Å². The molecule has 98 valence electrons. The van der Waals surface area contributed by atoms with Crippen LogP contribution < -0.4 is 9.47 Å². The summed E-state index contributed by atoms with van der Waals surface area (Å²) in [5.41, 5.74) is 0.989. The van der Waals surface area contributed by atoms with Gasteiger partial charge in [0.1, 0.15) is 0 Å². The van der Waals surface area contributed by atoms with Crippen LogP contribution in [0.3, 0.4) is 0 Å². The standard InChI is InChI=1S/C13H16O5/c1-2-16-13(14)5-6-15-8-10-3-4-11-12(7-10)18-9-17-11/h3-4,7H,2,5-6,8-9H2,1H3. The fourth-order valence-electron chi connectivity index (χ4n) is 1.61. The zero-order valence-electron chi connectivity index (χ0n) is 10.3. The third-order valence-corrected chi connectivity index (χ3v) is 2.46. The maximum absolute atomic E-state index is 11.1. The van der Waals surface area contributed by atoms with Crippen LogP contribution in [0.25, 0.3) is 0 Å². The quantitative estimate of drug-likeness (QED) is 0.571. The Morgan fingerprint density at radius 2 is 2.17 bits per heavy atom. The lowest BCUT2D eigenvalue weighted by molar-refractivity contribution is -0.144. The van der Waals surface area contributed by atoms with Crippen molar-refractivity contribution < 1.29 is 23.7 Å². The highest BCUT2D eigenvalue weighted by Gasteiger charge is 2.13. The smallest absolute Gasteiger partial charge is 0.308 e. The molecule has 5 heteroatoms. The molecule has 0 radical (unpaired) electrons. The van der Waals surface area contributed by atoms with Gasteiger partial charge in [-0.1, -0.05) is 6.07 Å². The summed E-state index contributed by atoms with van der Waals surface area (Å²) in [4.78, 5) is 11.1. The first kappa shape index (κ1) is 12.7. The van der Waals surface area contributed by atoms with Gasteiger partial charge >= 0.3 is 5.97 Å². The molecule has 0 fully saturated rings. The lowest BCUT2D eigenvalue weighted by Gasteiger charge is -2.05. The van der Waals surface area contributed by atoms with Crippen LogP contribution >= 0.6 is 0 Å². The van der Waals surface area contributed by atoms with Gasteiger partial charge in [0, 0.05) is 0 Å². The minimum Gasteiger partial charge on any atom is -0.466 e. The van der Waals surface area contributed by atoms with Crippen molar-refractivity contribution in [2.75, 3.05) is 20.0 Å². The Bertz CT molecular complexity index is 416. The first-order chi connectivity index (χ1) is 8.79. The van der Waals surface area contributed by atoms with E-state index in [1.165, 1.54) is 0 Å². The van der Waals surface area contributed by atoms with E-state index >= 15 is 0 Å². The van der Waals surface area contributed by atoms with Crippen LogP contribution in [-0.4, -0.2) is 26.0 Å². The summed E-state index contributed by atoms with van der Waals surface area (Å²) in [5.74, 6) is 1.26. The van der Waals surface area contributed by atoms with Crippen LogP contribution in [0, 0.1) is 0 Å². The third-order valence-electron chi connectivity index (χ3n) is 2.46. The molecule has 0 saturated heterocycles. The lowest BCUT2D eigenvalue weighted by atomic mass is 10.2. The molecule has 0 N–H and O–H groups in total. The van der Waals surface area contributed by atoms with Gasteiger partial charge in [0.25, 0.3) is 0 Å². The van der Waals surface area contributed by atoms with Gasteiger partial charge in [-0.25, -0.2) is 0 Å². The van der Waals surface area contributed by atoms with Crippen molar-refractivity contribution in [1.29, 1.82) is 0 Å². The lowest BCUT2D eigenvalue weighted by Crippen LogP contribution is -2.08. The van der Waals surface area contributed by atoms with Crippen LogP contribution in [0.1, 0.15) is 18.9 Å². The molecule has 18 heavy (non-hydrogen) atoms. The van der Waals surface area contributed by atoms with Crippen molar-refractivity contribution in [2.45, 2.75) is 20.0 Å². The molecular weight excluding hydrogens is 236 g/mol. The zero-order chi connectivity index (χ0) is 12.8. The van der Waals surface area contributed by atoms with Gasteiger partial charge in [-0.2, -0.15) is 0 Å². The van der Waals surface area contributed by atoms with Crippen molar-refractivity contribution in [2.24, 2.45) is 0 Å². The van der Waals surface area contributed by atoms with Gasteiger partial charge < -0.3 is 18.9 Å². The molecule has 1 aliphatic heterocycles. The molecule has 0 aromatic heterocycles. The van der Waals surface area contributed by atoms with Crippen molar-refractivity contribution in [3.8, 4) is 11.5 Å². The first-order valence-corrected chi connectivity index (χ1v) is 5.91. The van der Waals surface area contributed by atoms with Crippen LogP contribution in [0.15, 0.2) is 18.2 Å². The second kappa shape index (κ2) is 6.26. The molecule has 2 rings (SSSR count). The molecule has 1 aliphatic rings. The van der Waals surface area contributed by atoms with Gasteiger partial charge in [-0.15, -0.1) is 0 Å². The summed E-state index contributed by atoms with van der Waals surface area (Å²) < 4.78 is 20.7. The van der Waals surface area contributed by atoms with E-state index in [9.17, 15) is 4.79 Å². The number of hydrogen-bond donors (Lipinski definition) is 0. The fraction of sp³-hybridized carbons (Fsp3) is 0.462. The summed E-state index contributed by atoms with van der Waals surface area (Å²) >= 11 is 0. The Hall–Kier alpha value is -1.75. The van der Waals surface area contributed by atoms with Crippen molar-refractivity contribution in [3.63, 3.8) is 0 Å². The minimum absolute atomic E-state index is 0.233. The Kier molecular flexibility index (Phi) is 4.41. The summed E-state index contributed by atoms with van der Waals surface area (Å²) in [6, 6.07) is 5.65. The largest absolute Gasteiger partial charge is 0.466 e. The van der Waals surface area contributed by atoms with Crippen LogP contribution in [-0.2, 0) is 20.9 Å². The summed E-state index contributed by atoms with van der Waals surface area (Å²) in [6.45, 7) is 3.25. The molecule has 1 aromatic rings. The number of carbonyl (C=O) groups is 1. The highest BCUT2D eigenvalue weighted by atomic mass is 16.7. The summed E-state index contributed by atoms with van der Waals surface area (Å²) in [5, 5.41) is 0. The Morgan fingerprint density at radius 3 is 3.00 bits per heavy atom. The topological polar surface area (TPSA) is 54.0 Å². The highest BCUT2D eigenvalue weighted by molar-refractivity contribution is 5.69. The van der Waals surface area contributed by atoms with E-state index < -0.39 is 0 Å². The third kappa shape index (κ3) is 3.37. The number of fused-ring (bicyclic) bond motifs is 1. The van der Waals surface area contributed by atoms with Gasteiger partial charge in [0.15, 0.2) is 11.5 Å². The van der Waals surface area contributed by atoms with Gasteiger partial charge in [0.05, 0.1) is 26.2 Å². The zero-order valence-corrected chi connectivity index (χ0v) is 10.3. The molecular formula is C13H16O5. The normalized spacial score (nSPS) is 12.5. The van der Waals surface area contributed by atoms with Crippen molar-refractivity contribution >= 4 is 5.97 Å². The second-order valence-electron chi connectivity index (χ2n) is 3.80. The number of esters is 1. The number of rotatable bonds is 6. The molecule has 0 spiro atoms. The molecule has 1 aromatic carbocycles. The predicted octanol–water partition coefficient (Wildman–Crippen LogP) is 1.89. The molecule has 0 unspecified atom stereocenters. The van der Waals surface area contributed by atoms with Crippen LogP contribution in [0.4, 0.5) is 0 Å². The number of ether oxygens (including phenoxy) is 4. The van der Waals surface area contributed by atoms with E-state index in [2.05, 4.69) is 0 Å². The SMILES string of the molecule is CCOC(=O)CCOCc1ccc2c(c1)OCO2. The molecule has 0 atom stereocenters. The minimum atomic E-state index is -0.233. The molecule has 1 heterocycles. The maximum Gasteiger partial charge on any atom is 0.308 e. The number of hydrogen-bond acceptors (Lipinski definition) is 5. The molecule has 0 bridgehead atoms. The maximum atomic E-state index is 11.1. The first-order valence-electron chi connectivity index (χ1n) is 5.91. The van der Waals surface area contributed by atoms with E-state index in [1.54, 1.807) is 6.92 Å². The van der Waals surface area contributed by atoms with Crippen LogP contribution in [0.2, 0.25) is 0 Å². The number of benzene rings is 1. The average Bonchev–Trinajstić information content (AvgIpc) is 2.82. The van der Waals surface area contributed by atoms with Gasteiger partial charge in [0.2, 0.25) is 6.79 Å². The predicted molar refractivity (Wildman–Crippen MR) is 63.5 cm³/mol. The summed E-state index contributed by atoms with van der Waals surface area (Å²) in [7, 11) is 0. The molecule has 0 saturated carbocycles. The average molecular weight is 252 g/mol. The van der Waals surface area contributed by atoms with E-state index in [0.29, 0.717) is 19.8 Å². The van der Waals surface area contributed by atoms with E-state index in [4.69, 9.17) is 18.9 Å². The molecule has 0 aliphatic carbocycles.